The van der Waals surface area contributed by atoms with Crippen molar-refractivity contribution in [3.8, 4) is 11.3 Å². The Kier molecular flexibility index (Phi) is 5.18. The average molecular weight is 364 g/mol. The van der Waals surface area contributed by atoms with Crippen molar-refractivity contribution in [1.82, 2.24) is 14.7 Å². The smallest absolute Gasteiger partial charge is 0.269 e. The minimum Gasteiger partial charge on any atom is -0.383 e. The van der Waals surface area contributed by atoms with Crippen molar-refractivity contribution in [3.05, 3.63) is 46.6 Å². The number of halogens is 1. The second-order valence-corrected chi connectivity index (χ2v) is 6.71. The summed E-state index contributed by atoms with van der Waals surface area (Å²) in [4.78, 5) is 17.9. The first-order chi connectivity index (χ1) is 11.6. The lowest BCUT2D eigenvalue weighted by atomic mass is 10.2. The Bertz CT molecular complexity index is 841. The first-order valence-electron chi connectivity index (χ1n) is 7.64. The molecule has 3 aromatic rings. The predicted octanol–water partition coefficient (Wildman–Crippen LogP) is 3.87. The lowest BCUT2D eigenvalue weighted by Gasteiger charge is -2.15. The molecular weight excluding hydrogens is 346 g/mol. The van der Waals surface area contributed by atoms with Crippen molar-refractivity contribution < 1.29 is 9.53 Å². The van der Waals surface area contributed by atoms with Gasteiger partial charge in [0.05, 0.1) is 18.3 Å². The molecule has 1 atom stereocenters. The molecule has 0 bridgehead atoms. The van der Waals surface area contributed by atoms with Crippen LogP contribution in [0.25, 0.3) is 16.2 Å². The number of fused-ring (bicyclic) bond motifs is 1. The number of carbonyl (C=O) groups is 1. The maximum absolute atomic E-state index is 12.5. The molecule has 1 amide bonds. The van der Waals surface area contributed by atoms with E-state index in [1.54, 1.807) is 7.11 Å². The molecule has 0 spiro atoms. The summed E-state index contributed by atoms with van der Waals surface area (Å²) in [5, 5.41) is 5.50. The monoisotopic (exact) mass is 363 g/mol. The SMILES string of the molecule is CC[C@H](COC)NC(=O)c1csc2nc(-c3ccc(Cl)cc3)cn12. The number of ether oxygens (including phenoxy) is 1. The van der Waals surface area contributed by atoms with Crippen LogP contribution >= 0.6 is 22.9 Å². The Morgan fingerprint density at radius 2 is 2.17 bits per heavy atom. The number of hydrogen-bond acceptors (Lipinski definition) is 4. The van der Waals surface area contributed by atoms with Crippen LogP contribution in [0.2, 0.25) is 5.02 Å². The van der Waals surface area contributed by atoms with Gasteiger partial charge in [-0.2, -0.15) is 0 Å². The normalized spacial score (nSPS) is 12.5. The van der Waals surface area contributed by atoms with Gasteiger partial charge in [-0.15, -0.1) is 11.3 Å². The Morgan fingerprint density at radius 1 is 1.42 bits per heavy atom. The van der Waals surface area contributed by atoms with Crippen LogP contribution in [0.3, 0.4) is 0 Å². The van der Waals surface area contributed by atoms with Gasteiger partial charge in [-0.05, 0) is 18.6 Å². The molecule has 7 heteroatoms. The van der Waals surface area contributed by atoms with Gasteiger partial charge in [-0.25, -0.2) is 4.98 Å². The van der Waals surface area contributed by atoms with E-state index in [1.165, 1.54) is 11.3 Å². The van der Waals surface area contributed by atoms with E-state index in [2.05, 4.69) is 10.3 Å². The molecule has 24 heavy (non-hydrogen) atoms. The van der Waals surface area contributed by atoms with Crippen LogP contribution < -0.4 is 5.32 Å². The van der Waals surface area contributed by atoms with Crippen LogP contribution in [-0.4, -0.2) is 35.1 Å². The van der Waals surface area contributed by atoms with Crippen molar-refractivity contribution >= 4 is 33.8 Å². The highest BCUT2D eigenvalue weighted by Crippen LogP contribution is 2.25. The van der Waals surface area contributed by atoms with Gasteiger partial charge in [0, 0.05) is 29.3 Å². The summed E-state index contributed by atoms with van der Waals surface area (Å²) >= 11 is 7.37. The van der Waals surface area contributed by atoms with E-state index in [1.807, 2.05) is 47.2 Å². The third-order valence-electron chi connectivity index (χ3n) is 3.78. The third kappa shape index (κ3) is 3.45. The summed E-state index contributed by atoms with van der Waals surface area (Å²) in [6, 6.07) is 7.49. The number of nitrogens with zero attached hydrogens (tertiary/aromatic N) is 2. The van der Waals surface area contributed by atoms with Crippen molar-refractivity contribution in [1.29, 1.82) is 0 Å². The van der Waals surface area contributed by atoms with Crippen molar-refractivity contribution in [2.45, 2.75) is 19.4 Å². The molecule has 126 valence electrons. The Balaban J connectivity index is 1.87. The van der Waals surface area contributed by atoms with Crippen LogP contribution in [0, 0.1) is 0 Å². The summed E-state index contributed by atoms with van der Waals surface area (Å²) in [5.74, 6) is -0.120. The van der Waals surface area contributed by atoms with Gasteiger partial charge in [0.15, 0.2) is 4.96 Å². The average Bonchev–Trinajstić information content (AvgIpc) is 3.15. The van der Waals surface area contributed by atoms with Crippen LogP contribution in [0.4, 0.5) is 0 Å². The summed E-state index contributed by atoms with van der Waals surface area (Å²) in [7, 11) is 1.63. The standard InChI is InChI=1S/C17H18ClN3O2S/c1-3-13(9-23-2)19-16(22)15-10-24-17-20-14(8-21(15)17)11-4-6-12(18)7-5-11/h4-8,10,13H,3,9H2,1-2H3,(H,19,22)/t13-/m1/s1. The van der Waals surface area contributed by atoms with Gasteiger partial charge in [0.2, 0.25) is 0 Å². The quantitative estimate of drug-likeness (QED) is 0.723. The molecule has 5 nitrogen and oxygen atoms in total. The number of aromatic nitrogens is 2. The van der Waals surface area contributed by atoms with E-state index >= 15 is 0 Å². The summed E-state index contributed by atoms with van der Waals surface area (Å²) in [6.45, 7) is 2.51. The summed E-state index contributed by atoms with van der Waals surface area (Å²) < 4.78 is 6.95. The molecule has 1 N–H and O–H groups in total. The number of hydrogen-bond donors (Lipinski definition) is 1. The second-order valence-electron chi connectivity index (χ2n) is 5.44. The van der Waals surface area contributed by atoms with Crippen molar-refractivity contribution in [2.75, 3.05) is 13.7 Å². The van der Waals surface area contributed by atoms with Crippen LogP contribution in [0.1, 0.15) is 23.8 Å². The Morgan fingerprint density at radius 3 is 2.83 bits per heavy atom. The lowest BCUT2D eigenvalue weighted by Crippen LogP contribution is -2.37. The van der Waals surface area contributed by atoms with Gasteiger partial charge in [-0.1, -0.05) is 30.7 Å². The molecule has 0 unspecified atom stereocenters. The topological polar surface area (TPSA) is 55.6 Å². The fraction of sp³-hybridized carbons (Fsp3) is 0.294. The third-order valence-corrected chi connectivity index (χ3v) is 4.87. The van der Waals surface area contributed by atoms with Crippen LogP contribution in [-0.2, 0) is 4.74 Å². The molecule has 0 saturated heterocycles. The largest absolute Gasteiger partial charge is 0.383 e. The van der Waals surface area contributed by atoms with E-state index in [0.717, 1.165) is 22.6 Å². The highest BCUT2D eigenvalue weighted by Gasteiger charge is 2.17. The molecule has 0 aliphatic rings. The molecule has 3 rings (SSSR count). The maximum atomic E-state index is 12.5. The fourth-order valence-corrected chi connectivity index (χ4v) is 3.41. The number of thiazole rings is 1. The fourth-order valence-electron chi connectivity index (χ4n) is 2.43. The summed E-state index contributed by atoms with van der Waals surface area (Å²) in [6.07, 6.45) is 2.69. The molecular formula is C17H18ClN3O2S. The number of imidazole rings is 1. The minimum atomic E-state index is -0.120. The molecule has 0 aliphatic carbocycles. The Labute approximate surface area is 149 Å². The van der Waals surface area contributed by atoms with E-state index in [-0.39, 0.29) is 11.9 Å². The predicted molar refractivity (Wildman–Crippen MR) is 96.9 cm³/mol. The molecule has 0 saturated carbocycles. The van der Waals surface area contributed by atoms with E-state index in [9.17, 15) is 4.79 Å². The number of nitrogens with one attached hydrogen (secondary N) is 1. The zero-order valence-electron chi connectivity index (χ0n) is 13.5. The van der Waals surface area contributed by atoms with Crippen LogP contribution in [0.15, 0.2) is 35.8 Å². The van der Waals surface area contributed by atoms with Gasteiger partial charge in [0.25, 0.3) is 5.91 Å². The van der Waals surface area contributed by atoms with Gasteiger partial charge in [-0.3, -0.25) is 9.20 Å². The molecule has 2 aromatic heterocycles. The number of benzene rings is 1. The van der Waals surface area contributed by atoms with Crippen molar-refractivity contribution in [2.24, 2.45) is 0 Å². The number of amides is 1. The molecule has 0 fully saturated rings. The lowest BCUT2D eigenvalue weighted by molar-refractivity contribution is 0.0889. The van der Waals surface area contributed by atoms with Crippen LogP contribution in [0.5, 0.6) is 0 Å². The zero-order chi connectivity index (χ0) is 17.1. The summed E-state index contributed by atoms with van der Waals surface area (Å²) in [5.41, 5.74) is 2.36. The maximum Gasteiger partial charge on any atom is 0.269 e. The Hall–Kier alpha value is -1.89. The van der Waals surface area contributed by atoms with Gasteiger partial charge in [0.1, 0.15) is 5.69 Å². The number of methoxy groups -OCH3 is 1. The van der Waals surface area contributed by atoms with E-state index in [0.29, 0.717) is 17.3 Å². The minimum absolute atomic E-state index is 0.00305. The molecule has 0 radical (unpaired) electrons. The molecule has 1 aromatic carbocycles. The molecule has 0 aliphatic heterocycles. The van der Waals surface area contributed by atoms with Crippen molar-refractivity contribution in [3.63, 3.8) is 0 Å². The first kappa shape index (κ1) is 17.0. The number of carbonyl (C=O) groups excluding carboxylic acids is 1. The highest BCUT2D eigenvalue weighted by atomic mass is 35.5. The first-order valence-corrected chi connectivity index (χ1v) is 8.90. The van der Waals surface area contributed by atoms with Gasteiger partial charge < -0.3 is 10.1 Å². The van der Waals surface area contributed by atoms with E-state index < -0.39 is 0 Å². The zero-order valence-corrected chi connectivity index (χ0v) is 15.0. The highest BCUT2D eigenvalue weighted by molar-refractivity contribution is 7.15. The molecule has 2 heterocycles. The van der Waals surface area contributed by atoms with Gasteiger partial charge >= 0.3 is 0 Å². The number of rotatable bonds is 6. The second kappa shape index (κ2) is 7.34. The van der Waals surface area contributed by atoms with E-state index in [4.69, 9.17) is 16.3 Å².